The predicted molar refractivity (Wildman–Crippen MR) is 96.3 cm³/mol. The van der Waals surface area contributed by atoms with Gasteiger partial charge in [0.1, 0.15) is 0 Å². The lowest BCUT2D eigenvalue weighted by atomic mass is 10.1. The highest BCUT2D eigenvalue weighted by Crippen LogP contribution is 2.05. The molecule has 0 heterocycles. The maximum absolute atomic E-state index is 11.9. The van der Waals surface area contributed by atoms with E-state index in [1.165, 1.54) is 6.92 Å². The average molecular weight is 333 g/mol. The van der Waals surface area contributed by atoms with Gasteiger partial charge < -0.3 is 5.32 Å². The molecule has 0 aliphatic rings. The summed E-state index contributed by atoms with van der Waals surface area (Å²) in [5.41, 5.74) is 2.03. The van der Waals surface area contributed by atoms with E-state index >= 15 is 0 Å². The Hall–Kier alpha value is -3.19. The van der Waals surface area contributed by atoms with E-state index in [4.69, 9.17) is 0 Å². The van der Waals surface area contributed by atoms with E-state index in [9.17, 15) is 14.4 Å². The molecule has 2 aromatic carbocycles. The fraction of sp³-hybridized carbons (Fsp3) is 0.190. The van der Waals surface area contributed by atoms with Crippen LogP contribution in [0.4, 0.5) is 0 Å². The van der Waals surface area contributed by atoms with Crippen molar-refractivity contribution in [3.05, 3.63) is 71.3 Å². The predicted octanol–water partition coefficient (Wildman–Crippen LogP) is 3.02. The molecule has 0 aromatic heterocycles. The second-order valence-corrected chi connectivity index (χ2v) is 5.50. The first-order valence-corrected chi connectivity index (χ1v) is 8.01. The highest BCUT2D eigenvalue weighted by atomic mass is 16.2. The van der Waals surface area contributed by atoms with Gasteiger partial charge in [0, 0.05) is 29.5 Å². The van der Waals surface area contributed by atoms with Crippen molar-refractivity contribution in [2.24, 2.45) is 0 Å². The number of hydrogen-bond donors (Lipinski definition) is 1. The van der Waals surface area contributed by atoms with Gasteiger partial charge in [-0.05, 0) is 19.1 Å². The highest BCUT2D eigenvalue weighted by molar-refractivity contribution is 5.97. The van der Waals surface area contributed by atoms with E-state index in [0.29, 0.717) is 11.1 Å². The van der Waals surface area contributed by atoms with Crippen molar-refractivity contribution >= 4 is 17.5 Å². The second kappa shape index (κ2) is 9.19. The number of hydrogen-bond acceptors (Lipinski definition) is 3. The summed E-state index contributed by atoms with van der Waals surface area (Å²) in [6.07, 6.45) is 0.318. The Morgan fingerprint density at radius 2 is 1.56 bits per heavy atom. The Kier molecular flexibility index (Phi) is 6.67. The van der Waals surface area contributed by atoms with Gasteiger partial charge >= 0.3 is 0 Å². The van der Waals surface area contributed by atoms with Gasteiger partial charge in [-0.25, -0.2) is 0 Å². The Labute approximate surface area is 147 Å². The third-order valence-corrected chi connectivity index (χ3v) is 3.57. The number of ketones is 2. The van der Waals surface area contributed by atoms with Crippen molar-refractivity contribution in [1.29, 1.82) is 0 Å². The van der Waals surface area contributed by atoms with Crippen LogP contribution in [0, 0.1) is 11.8 Å². The Morgan fingerprint density at radius 1 is 0.880 bits per heavy atom. The molecule has 25 heavy (non-hydrogen) atoms. The van der Waals surface area contributed by atoms with Crippen molar-refractivity contribution in [2.75, 3.05) is 6.54 Å². The van der Waals surface area contributed by atoms with Crippen LogP contribution in [-0.4, -0.2) is 24.0 Å². The van der Waals surface area contributed by atoms with Gasteiger partial charge in [0.05, 0.1) is 6.54 Å². The van der Waals surface area contributed by atoms with Crippen LogP contribution in [0.5, 0.6) is 0 Å². The van der Waals surface area contributed by atoms with Crippen LogP contribution in [0.25, 0.3) is 0 Å². The zero-order chi connectivity index (χ0) is 18.1. The van der Waals surface area contributed by atoms with E-state index in [1.807, 2.05) is 6.07 Å². The smallest absolute Gasteiger partial charge is 0.221 e. The zero-order valence-corrected chi connectivity index (χ0v) is 14.0. The average Bonchev–Trinajstić information content (AvgIpc) is 2.64. The van der Waals surface area contributed by atoms with Gasteiger partial charge in [-0.3, -0.25) is 14.4 Å². The van der Waals surface area contributed by atoms with E-state index in [2.05, 4.69) is 17.2 Å². The molecule has 0 bridgehead atoms. The Balaban J connectivity index is 1.74. The molecule has 0 fully saturated rings. The number of benzene rings is 2. The van der Waals surface area contributed by atoms with E-state index < -0.39 is 0 Å². The van der Waals surface area contributed by atoms with Crippen molar-refractivity contribution in [1.82, 2.24) is 5.32 Å². The molecule has 0 unspecified atom stereocenters. The summed E-state index contributed by atoms with van der Waals surface area (Å²) in [5.74, 6) is 5.52. The molecular formula is C21H19NO3. The first-order chi connectivity index (χ1) is 12.1. The molecule has 2 rings (SSSR count). The summed E-state index contributed by atoms with van der Waals surface area (Å²) in [6.45, 7) is 1.73. The topological polar surface area (TPSA) is 63.2 Å². The Morgan fingerprint density at radius 3 is 2.20 bits per heavy atom. The van der Waals surface area contributed by atoms with E-state index in [1.54, 1.807) is 48.5 Å². The zero-order valence-electron chi connectivity index (χ0n) is 14.0. The van der Waals surface area contributed by atoms with Crippen molar-refractivity contribution in [2.45, 2.75) is 19.8 Å². The first-order valence-electron chi connectivity index (χ1n) is 8.01. The second-order valence-electron chi connectivity index (χ2n) is 5.50. The van der Waals surface area contributed by atoms with Gasteiger partial charge in [-0.15, -0.1) is 0 Å². The number of carbonyl (C=O) groups excluding carboxylic acids is 3. The molecular weight excluding hydrogens is 314 g/mol. The van der Waals surface area contributed by atoms with Gasteiger partial charge in [-0.2, -0.15) is 0 Å². The normalized spacial score (nSPS) is 9.64. The molecule has 4 nitrogen and oxygen atoms in total. The number of Topliss-reactive ketones (excluding diaryl/α,β-unsaturated/α-hetero) is 2. The van der Waals surface area contributed by atoms with Gasteiger partial charge in [0.15, 0.2) is 11.6 Å². The monoisotopic (exact) mass is 333 g/mol. The summed E-state index contributed by atoms with van der Waals surface area (Å²) < 4.78 is 0. The number of rotatable bonds is 6. The van der Waals surface area contributed by atoms with Crippen LogP contribution in [0.15, 0.2) is 54.6 Å². The van der Waals surface area contributed by atoms with Gasteiger partial charge in [0.25, 0.3) is 0 Å². The minimum Gasteiger partial charge on any atom is -0.345 e. The lowest BCUT2D eigenvalue weighted by Crippen LogP contribution is -2.24. The fourth-order valence-corrected chi connectivity index (χ4v) is 2.16. The molecule has 0 aliphatic heterocycles. The first kappa shape index (κ1) is 18.2. The molecule has 2 aromatic rings. The van der Waals surface area contributed by atoms with E-state index in [-0.39, 0.29) is 36.9 Å². The maximum Gasteiger partial charge on any atom is 0.221 e. The molecule has 1 amide bonds. The summed E-state index contributed by atoms with van der Waals surface area (Å²) >= 11 is 0. The maximum atomic E-state index is 11.9. The van der Waals surface area contributed by atoms with Crippen LogP contribution in [0.1, 0.15) is 46.0 Å². The molecule has 126 valence electrons. The minimum absolute atomic E-state index is 0.0109. The summed E-state index contributed by atoms with van der Waals surface area (Å²) in [5, 5.41) is 2.67. The van der Waals surface area contributed by atoms with Crippen molar-refractivity contribution in [3.8, 4) is 11.8 Å². The molecule has 0 aliphatic carbocycles. The minimum atomic E-state index is -0.203. The summed E-state index contributed by atoms with van der Waals surface area (Å²) in [7, 11) is 0. The lowest BCUT2D eigenvalue weighted by Gasteiger charge is -2.01. The SMILES string of the molecule is CC(=O)c1ccc(C#CCNC(=O)CCC(=O)c2ccccc2)cc1. The van der Waals surface area contributed by atoms with Crippen LogP contribution >= 0.6 is 0 Å². The number of amides is 1. The third-order valence-electron chi connectivity index (χ3n) is 3.57. The van der Waals surface area contributed by atoms with Crippen molar-refractivity contribution in [3.63, 3.8) is 0 Å². The molecule has 0 spiro atoms. The number of nitrogens with one attached hydrogen (secondary N) is 1. The standard InChI is InChI=1S/C21H19NO3/c1-16(23)18-11-9-17(10-12-18)6-5-15-22-21(25)14-13-20(24)19-7-3-2-4-8-19/h2-4,7-12H,13-15H2,1H3,(H,22,25). The molecule has 0 radical (unpaired) electrons. The molecule has 0 saturated heterocycles. The highest BCUT2D eigenvalue weighted by Gasteiger charge is 2.08. The Bertz CT molecular complexity index is 812. The van der Waals surface area contributed by atoms with E-state index in [0.717, 1.165) is 5.56 Å². The molecule has 0 atom stereocenters. The molecule has 0 saturated carbocycles. The van der Waals surface area contributed by atoms with Crippen LogP contribution in [-0.2, 0) is 4.79 Å². The lowest BCUT2D eigenvalue weighted by molar-refractivity contribution is -0.120. The quantitative estimate of drug-likeness (QED) is 0.653. The van der Waals surface area contributed by atoms with Crippen LogP contribution < -0.4 is 5.32 Å². The van der Waals surface area contributed by atoms with Crippen molar-refractivity contribution < 1.29 is 14.4 Å². The van der Waals surface area contributed by atoms with Crippen LogP contribution in [0.3, 0.4) is 0 Å². The largest absolute Gasteiger partial charge is 0.345 e. The van der Waals surface area contributed by atoms with Gasteiger partial charge in [0.2, 0.25) is 5.91 Å². The number of carbonyl (C=O) groups is 3. The van der Waals surface area contributed by atoms with Gasteiger partial charge in [-0.1, -0.05) is 54.3 Å². The third kappa shape index (κ3) is 6.08. The summed E-state index contributed by atoms with van der Waals surface area (Å²) in [6, 6.07) is 15.9. The molecule has 1 N–H and O–H groups in total. The van der Waals surface area contributed by atoms with Crippen LogP contribution in [0.2, 0.25) is 0 Å². The fourth-order valence-electron chi connectivity index (χ4n) is 2.16. The molecule has 4 heteroatoms. The summed E-state index contributed by atoms with van der Waals surface area (Å²) in [4.78, 5) is 34.8.